The Balaban J connectivity index is 2.54. The smallest absolute Gasteiger partial charge is 0.261 e. The quantitative estimate of drug-likeness (QED) is 0.828. The molecule has 0 saturated carbocycles. The number of hydrogen-bond donors (Lipinski definition) is 2. The molecule has 0 bridgehead atoms. The molecule has 1 atom stereocenters. The summed E-state index contributed by atoms with van der Waals surface area (Å²) < 4.78 is 1.48. The SMILES string of the molecule is CCCCc1nc2ccccc2c(=O)n1CC(O)CO. The minimum absolute atomic E-state index is 0.0756. The molecule has 0 fully saturated rings. The van der Waals surface area contributed by atoms with Crippen molar-refractivity contribution < 1.29 is 10.2 Å². The molecule has 5 heteroatoms. The lowest BCUT2D eigenvalue weighted by Gasteiger charge is -2.15. The Morgan fingerprint density at radius 2 is 2.10 bits per heavy atom. The van der Waals surface area contributed by atoms with Crippen molar-refractivity contribution in [3.63, 3.8) is 0 Å². The van der Waals surface area contributed by atoms with E-state index in [1.807, 2.05) is 12.1 Å². The first-order valence-corrected chi connectivity index (χ1v) is 6.94. The number of rotatable bonds is 6. The molecule has 1 unspecified atom stereocenters. The molecule has 1 aromatic carbocycles. The van der Waals surface area contributed by atoms with Crippen LogP contribution in [0.1, 0.15) is 25.6 Å². The maximum absolute atomic E-state index is 12.5. The number of fused-ring (bicyclic) bond motifs is 1. The van der Waals surface area contributed by atoms with Crippen molar-refractivity contribution in [1.82, 2.24) is 9.55 Å². The summed E-state index contributed by atoms with van der Waals surface area (Å²) >= 11 is 0. The Kier molecular flexibility index (Phi) is 4.87. The molecule has 0 aliphatic carbocycles. The minimum atomic E-state index is -0.948. The van der Waals surface area contributed by atoms with Gasteiger partial charge < -0.3 is 10.2 Å². The van der Waals surface area contributed by atoms with Crippen LogP contribution in [0.5, 0.6) is 0 Å². The number of aliphatic hydroxyl groups is 2. The molecule has 0 saturated heterocycles. The van der Waals surface area contributed by atoms with Gasteiger partial charge >= 0.3 is 0 Å². The van der Waals surface area contributed by atoms with E-state index in [4.69, 9.17) is 5.11 Å². The number of aromatic nitrogens is 2. The third kappa shape index (κ3) is 3.05. The van der Waals surface area contributed by atoms with Gasteiger partial charge in [-0.3, -0.25) is 9.36 Å². The second-order valence-electron chi connectivity index (χ2n) is 4.90. The number of nitrogens with zero attached hydrogens (tertiary/aromatic N) is 2. The lowest BCUT2D eigenvalue weighted by molar-refractivity contribution is 0.0794. The topological polar surface area (TPSA) is 75.4 Å². The van der Waals surface area contributed by atoms with Gasteiger partial charge in [-0.15, -0.1) is 0 Å². The molecule has 108 valence electrons. The monoisotopic (exact) mass is 276 g/mol. The van der Waals surface area contributed by atoms with Crippen molar-refractivity contribution in [3.8, 4) is 0 Å². The Labute approximate surface area is 117 Å². The second kappa shape index (κ2) is 6.63. The first-order valence-electron chi connectivity index (χ1n) is 6.94. The maximum Gasteiger partial charge on any atom is 0.261 e. The largest absolute Gasteiger partial charge is 0.394 e. The first-order chi connectivity index (χ1) is 9.67. The van der Waals surface area contributed by atoms with E-state index in [0.717, 1.165) is 12.8 Å². The standard InChI is InChI=1S/C15H20N2O3/c1-2-3-8-14-16-13-7-5-4-6-12(13)15(20)17(14)9-11(19)10-18/h4-7,11,18-19H,2-3,8-10H2,1H3. The van der Waals surface area contributed by atoms with Gasteiger partial charge in [0.2, 0.25) is 0 Å². The van der Waals surface area contributed by atoms with Crippen LogP contribution in [0.2, 0.25) is 0 Å². The molecule has 5 nitrogen and oxygen atoms in total. The second-order valence-corrected chi connectivity index (χ2v) is 4.90. The van der Waals surface area contributed by atoms with Gasteiger partial charge in [0.25, 0.3) is 5.56 Å². The maximum atomic E-state index is 12.5. The van der Waals surface area contributed by atoms with E-state index in [1.165, 1.54) is 4.57 Å². The summed E-state index contributed by atoms with van der Waals surface area (Å²) in [6.07, 6.45) is 1.68. The molecule has 2 N–H and O–H groups in total. The van der Waals surface area contributed by atoms with Crippen molar-refractivity contribution in [3.05, 3.63) is 40.4 Å². The van der Waals surface area contributed by atoms with Crippen molar-refractivity contribution in [2.75, 3.05) is 6.61 Å². The van der Waals surface area contributed by atoms with E-state index in [0.29, 0.717) is 23.1 Å². The highest BCUT2D eigenvalue weighted by atomic mass is 16.3. The molecular weight excluding hydrogens is 256 g/mol. The highest BCUT2D eigenvalue weighted by molar-refractivity contribution is 5.77. The Morgan fingerprint density at radius 3 is 2.80 bits per heavy atom. The molecule has 1 heterocycles. The van der Waals surface area contributed by atoms with Gasteiger partial charge in [0.1, 0.15) is 5.82 Å². The number of aryl methyl sites for hydroxylation is 1. The van der Waals surface area contributed by atoms with Crippen LogP contribution in [0.4, 0.5) is 0 Å². The van der Waals surface area contributed by atoms with E-state index in [9.17, 15) is 9.90 Å². The van der Waals surface area contributed by atoms with E-state index in [1.54, 1.807) is 12.1 Å². The van der Waals surface area contributed by atoms with Gasteiger partial charge in [-0.2, -0.15) is 0 Å². The molecule has 0 spiro atoms. The Morgan fingerprint density at radius 1 is 1.35 bits per heavy atom. The average molecular weight is 276 g/mol. The summed E-state index contributed by atoms with van der Waals surface area (Å²) in [5.74, 6) is 0.669. The van der Waals surface area contributed by atoms with Crippen LogP contribution in [0.25, 0.3) is 10.9 Å². The van der Waals surface area contributed by atoms with Crippen LogP contribution < -0.4 is 5.56 Å². The third-order valence-electron chi connectivity index (χ3n) is 3.30. The molecule has 0 aliphatic rings. The summed E-state index contributed by atoms with van der Waals surface area (Å²) in [6.45, 7) is 1.78. The fourth-order valence-corrected chi connectivity index (χ4v) is 2.20. The minimum Gasteiger partial charge on any atom is -0.394 e. The fourth-order valence-electron chi connectivity index (χ4n) is 2.20. The zero-order valence-electron chi connectivity index (χ0n) is 11.6. The van der Waals surface area contributed by atoms with Crippen molar-refractivity contribution in [1.29, 1.82) is 0 Å². The van der Waals surface area contributed by atoms with Crippen molar-refractivity contribution >= 4 is 10.9 Å². The first kappa shape index (κ1) is 14.7. The predicted octanol–water partition coefficient (Wildman–Crippen LogP) is 1.09. The summed E-state index contributed by atoms with van der Waals surface area (Å²) in [4.78, 5) is 17.0. The highest BCUT2D eigenvalue weighted by Gasteiger charge is 2.13. The highest BCUT2D eigenvalue weighted by Crippen LogP contribution is 2.10. The number of para-hydroxylation sites is 1. The normalized spacial score (nSPS) is 12.8. The average Bonchev–Trinajstić information content (AvgIpc) is 2.48. The van der Waals surface area contributed by atoms with Gasteiger partial charge in [0.15, 0.2) is 0 Å². The van der Waals surface area contributed by atoms with E-state index < -0.39 is 6.10 Å². The molecular formula is C15H20N2O3. The number of hydrogen-bond acceptors (Lipinski definition) is 4. The molecule has 2 rings (SSSR count). The van der Waals surface area contributed by atoms with Gasteiger partial charge in [0, 0.05) is 6.42 Å². The van der Waals surface area contributed by atoms with Gasteiger partial charge in [-0.25, -0.2) is 4.98 Å². The van der Waals surface area contributed by atoms with Gasteiger partial charge in [-0.1, -0.05) is 25.5 Å². The summed E-state index contributed by atoms with van der Waals surface area (Å²) in [7, 11) is 0. The lowest BCUT2D eigenvalue weighted by atomic mass is 10.2. The van der Waals surface area contributed by atoms with Crippen LogP contribution in [-0.2, 0) is 13.0 Å². The fraction of sp³-hybridized carbons (Fsp3) is 0.467. The van der Waals surface area contributed by atoms with E-state index >= 15 is 0 Å². The van der Waals surface area contributed by atoms with E-state index in [2.05, 4.69) is 11.9 Å². The van der Waals surface area contributed by atoms with E-state index in [-0.39, 0.29) is 18.7 Å². The molecule has 20 heavy (non-hydrogen) atoms. The number of aliphatic hydroxyl groups excluding tert-OH is 2. The third-order valence-corrected chi connectivity index (χ3v) is 3.30. The number of benzene rings is 1. The lowest BCUT2D eigenvalue weighted by Crippen LogP contribution is -2.32. The zero-order valence-corrected chi connectivity index (χ0v) is 11.6. The van der Waals surface area contributed by atoms with Gasteiger partial charge in [0.05, 0.1) is 30.2 Å². The van der Waals surface area contributed by atoms with Gasteiger partial charge in [-0.05, 0) is 18.6 Å². The molecule has 0 aliphatic heterocycles. The molecule has 0 amide bonds. The molecule has 2 aromatic rings. The van der Waals surface area contributed by atoms with Crippen LogP contribution >= 0.6 is 0 Å². The van der Waals surface area contributed by atoms with Crippen LogP contribution in [0, 0.1) is 0 Å². The van der Waals surface area contributed by atoms with Crippen molar-refractivity contribution in [2.45, 2.75) is 38.8 Å². The van der Waals surface area contributed by atoms with Crippen LogP contribution in [0.3, 0.4) is 0 Å². The molecule has 1 aromatic heterocycles. The predicted molar refractivity (Wildman–Crippen MR) is 77.7 cm³/mol. The summed E-state index contributed by atoms with van der Waals surface area (Å²) in [5, 5.41) is 19.1. The Hall–Kier alpha value is -1.72. The Bertz CT molecular complexity index is 637. The summed E-state index contributed by atoms with van der Waals surface area (Å²) in [6, 6.07) is 7.20. The van der Waals surface area contributed by atoms with Crippen LogP contribution in [0.15, 0.2) is 29.1 Å². The zero-order chi connectivity index (χ0) is 14.5. The van der Waals surface area contributed by atoms with Crippen LogP contribution in [-0.4, -0.2) is 32.5 Å². The summed E-state index contributed by atoms with van der Waals surface area (Å²) in [5.41, 5.74) is 0.521. The van der Waals surface area contributed by atoms with Crippen molar-refractivity contribution in [2.24, 2.45) is 0 Å². The number of unbranched alkanes of at least 4 members (excludes halogenated alkanes) is 1. The molecule has 0 radical (unpaired) electrons.